The fourth-order valence-electron chi connectivity index (χ4n) is 0.704. The van der Waals surface area contributed by atoms with Gasteiger partial charge in [-0.05, 0) is 12.2 Å². The van der Waals surface area contributed by atoms with E-state index in [0.717, 1.165) is 0 Å². The minimum atomic E-state index is 0.214. The Labute approximate surface area is 64.6 Å². The number of nitrogens with zero attached hydrogens (tertiary/aromatic N) is 1. The highest BCUT2D eigenvalue weighted by molar-refractivity contribution is 5.45. The van der Waals surface area contributed by atoms with E-state index in [1.165, 1.54) is 0 Å². The van der Waals surface area contributed by atoms with Crippen molar-refractivity contribution < 1.29 is 5.26 Å². The lowest BCUT2D eigenvalue weighted by Crippen LogP contribution is -2.19. The monoisotopic (exact) mass is 144 g/mol. The van der Waals surface area contributed by atoms with Gasteiger partial charge in [-0.25, -0.2) is 0 Å². The van der Waals surface area contributed by atoms with Crippen LogP contribution >= 0.6 is 0 Å². The van der Waals surface area contributed by atoms with Gasteiger partial charge in [-0.15, -0.1) is 0 Å². The molecule has 0 radical (unpaired) electrons. The van der Waals surface area contributed by atoms with Gasteiger partial charge in [0.05, 0.1) is 5.70 Å². The van der Waals surface area contributed by atoms with E-state index < -0.39 is 0 Å². The maximum atomic E-state index is 8.49. The molecular formula is C8H6N3+. The second-order valence-corrected chi connectivity index (χ2v) is 1.89. The lowest BCUT2D eigenvalue weighted by atomic mass is 10.2. The second kappa shape index (κ2) is 3.24. The van der Waals surface area contributed by atoms with Gasteiger partial charge in [-0.1, -0.05) is 11.3 Å². The normalized spacial score (nSPS) is 18.0. The largest absolute Gasteiger partial charge is 0.360 e. The lowest BCUT2D eigenvalue weighted by Gasteiger charge is -2.02. The first-order valence-corrected chi connectivity index (χ1v) is 3.05. The van der Waals surface area contributed by atoms with Crippen molar-refractivity contribution in [3.05, 3.63) is 35.7 Å². The molecule has 52 valence electrons. The second-order valence-electron chi connectivity index (χ2n) is 1.89. The maximum absolute atomic E-state index is 8.49. The molecule has 0 amide bonds. The highest BCUT2D eigenvalue weighted by Gasteiger charge is 2.04. The Hall–Kier alpha value is -2.00. The Balaban J connectivity index is 3.00. The molecule has 0 aliphatic carbocycles. The molecular weight excluding hydrogens is 138 g/mol. The highest BCUT2D eigenvalue weighted by atomic mass is 14.9. The highest BCUT2D eigenvalue weighted by Crippen LogP contribution is 2.03. The van der Waals surface area contributed by atoms with E-state index in [1.54, 1.807) is 18.4 Å². The fourth-order valence-corrected chi connectivity index (χ4v) is 0.704. The molecule has 1 aliphatic heterocycles. The Morgan fingerprint density at radius 1 is 1.55 bits per heavy atom. The van der Waals surface area contributed by atoms with Gasteiger partial charge in [0.25, 0.3) is 0 Å². The first-order chi connectivity index (χ1) is 5.38. The van der Waals surface area contributed by atoms with Crippen molar-refractivity contribution in [2.45, 2.75) is 0 Å². The number of allylic oxidation sites excluding steroid dienone is 4. The van der Waals surface area contributed by atoms with Gasteiger partial charge in [-0.2, -0.15) is 5.26 Å². The van der Waals surface area contributed by atoms with Gasteiger partial charge in [0.15, 0.2) is 0 Å². The number of rotatable bonds is 0. The van der Waals surface area contributed by atoms with Crippen LogP contribution in [0.2, 0.25) is 0 Å². The van der Waals surface area contributed by atoms with Crippen LogP contribution in [0, 0.1) is 17.4 Å². The lowest BCUT2D eigenvalue weighted by molar-refractivity contribution is -0.0909. The molecule has 0 aromatic rings. The third-order valence-electron chi connectivity index (χ3n) is 1.22. The van der Waals surface area contributed by atoms with Crippen LogP contribution in [0.15, 0.2) is 35.7 Å². The number of dihydropyridines is 1. The molecule has 0 spiro atoms. The van der Waals surface area contributed by atoms with Crippen LogP contribution in [-0.4, -0.2) is 0 Å². The Bertz CT molecular complexity index is 304. The van der Waals surface area contributed by atoms with Gasteiger partial charge in [0, 0.05) is 6.20 Å². The number of nitriles is 1. The zero-order valence-electron chi connectivity index (χ0n) is 5.76. The smallest absolute Gasteiger partial charge is 0.322 e. The molecule has 0 saturated heterocycles. The maximum Gasteiger partial charge on any atom is 0.322 e. The molecule has 0 unspecified atom stereocenters. The summed E-state index contributed by atoms with van der Waals surface area (Å²) < 4.78 is 0. The van der Waals surface area contributed by atoms with Crippen molar-refractivity contribution in [3.8, 4) is 12.1 Å². The van der Waals surface area contributed by atoms with Crippen molar-refractivity contribution in [1.82, 2.24) is 5.32 Å². The van der Waals surface area contributed by atoms with Gasteiger partial charge >= 0.3 is 6.07 Å². The van der Waals surface area contributed by atoms with Gasteiger partial charge in [0.2, 0.25) is 5.57 Å². The predicted octanol–water partition coefficient (Wildman–Crippen LogP) is -0.790. The van der Waals surface area contributed by atoms with Crippen LogP contribution in [0.4, 0.5) is 0 Å². The van der Waals surface area contributed by atoms with E-state index in [2.05, 4.69) is 5.32 Å². The third-order valence-corrected chi connectivity index (χ3v) is 1.22. The average Bonchev–Trinajstić information content (AvgIpc) is 2.09. The molecule has 0 saturated carbocycles. The molecule has 0 bridgehead atoms. The quantitative estimate of drug-likeness (QED) is 0.438. The number of hydrogen-bond donors (Lipinski definition) is 2. The van der Waals surface area contributed by atoms with Crippen molar-refractivity contribution in [2.24, 2.45) is 0 Å². The van der Waals surface area contributed by atoms with Crippen LogP contribution in [-0.2, 0) is 0 Å². The van der Waals surface area contributed by atoms with E-state index in [4.69, 9.17) is 10.5 Å². The standard InChI is InChI=1S/C8H5N3/c9-5-7(6-10)8-3-1-2-4-11-8/h1-4,11H/p+1. The minimum absolute atomic E-state index is 0.214. The van der Waals surface area contributed by atoms with Gasteiger partial charge in [0.1, 0.15) is 6.07 Å². The molecule has 1 rings (SSSR count). The van der Waals surface area contributed by atoms with Crippen molar-refractivity contribution in [3.63, 3.8) is 0 Å². The summed E-state index contributed by atoms with van der Waals surface area (Å²) in [5.74, 6) is 0. The van der Waals surface area contributed by atoms with Crippen LogP contribution in [0.3, 0.4) is 0 Å². The first-order valence-electron chi connectivity index (χ1n) is 3.05. The van der Waals surface area contributed by atoms with Crippen molar-refractivity contribution in [1.29, 1.82) is 5.26 Å². The molecule has 3 nitrogen and oxygen atoms in total. The molecule has 3 heteroatoms. The Morgan fingerprint density at radius 3 is 2.82 bits per heavy atom. The zero-order valence-corrected chi connectivity index (χ0v) is 5.76. The molecule has 0 aromatic heterocycles. The molecule has 11 heavy (non-hydrogen) atoms. The third kappa shape index (κ3) is 1.47. The average molecular weight is 144 g/mol. The molecule has 0 aromatic carbocycles. The van der Waals surface area contributed by atoms with Crippen molar-refractivity contribution in [2.75, 3.05) is 0 Å². The van der Waals surface area contributed by atoms with Crippen molar-refractivity contribution >= 4 is 0 Å². The molecule has 2 N–H and O–H groups in total. The first kappa shape index (κ1) is 7.11. The minimum Gasteiger partial charge on any atom is -0.360 e. The topological polar surface area (TPSA) is 59.6 Å². The molecule has 0 atom stereocenters. The van der Waals surface area contributed by atoms with E-state index in [1.807, 2.05) is 18.2 Å². The summed E-state index contributed by atoms with van der Waals surface area (Å²) in [5.41, 5.74) is 0.829. The summed E-state index contributed by atoms with van der Waals surface area (Å²) in [6.45, 7) is 0. The van der Waals surface area contributed by atoms with Gasteiger partial charge < -0.3 is 5.32 Å². The fraction of sp³-hybridized carbons (Fsp3) is 0. The van der Waals surface area contributed by atoms with E-state index in [-0.39, 0.29) is 5.57 Å². The molecule has 1 heterocycles. The van der Waals surface area contributed by atoms with E-state index in [9.17, 15) is 0 Å². The van der Waals surface area contributed by atoms with Crippen LogP contribution < -0.4 is 10.6 Å². The Kier molecular flexibility index (Phi) is 2.09. The Morgan fingerprint density at radius 2 is 2.36 bits per heavy atom. The van der Waals surface area contributed by atoms with E-state index >= 15 is 0 Å². The van der Waals surface area contributed by atoms with E-state index in [0.29, 0.717) is 5.70 Å². The molecule has 1 aliphatic rings. The summed E-state index contributed by atoms with van der Waals surface area (Å²) in [4.78, 5) is 0. The summed E-state index contributed by atoms with van der Waals surface area (Å²) in [5, 5.41) is 18.1. The SMILES string of the molecule is N#CC(C#[NH+])=C1C=CC=CN1. The van der Waals surface area contributed by atoms with Crippen LogP contribution in [0.25, 0.3) is 0 Å². The molecule has 0 fully saturated rings. The number of hydrogen-bond acceptors (Lipinski definition) is 2. The summed E-state index contributed by atoms with van der Waals surface area (Å²) >= 11 is 0. The van der Waals surface area contributed by atoms with Gasteiger partial charge in [-0.3, -0.25) is 0 Å². The van der Waals surface area contributed by atoms with Crippen LogP contribution in [0.5, 0.6) is 0 Å². The summed E-state index contributed by atoms with van der Waals surface area (Å²) in [6.07, 6.45) is 7.02. The number of nitrogens with one attached hydrogen (secondary N) is 2. The van der Waals surface area contributed by atoms with Crippen LogP contribution in [0.1, 0.15) is 0 Å². The summed E-state index contributed by atoms with van der Waals surface area (Å²) in [7, 11) is 0. The summed E-state index contributed by atoms with van der Waals surface area (Å²) in [6, 6.07) is 3.90. The zero-order chi connectivity index (χ0) is 8.10. The predicted molar refractivity (Wildman–Crippen MR) is 38.9 cm³/mol.